The van der Waals surface area contributed by atoms with Gasteiger partial charge in [-0.1, -0.05) is 13.3 Å². The number of hydrogen-bond donors (Lipinski definition) is 1. The number of aliphatic hydroxyl groups is 1. The lowest BCUT2D eigenvalue weighted by Crippen LogP contribution is -1.96. The third-order valence-corrected chi connectivity index (χ3v) is 0.622. The summed E-state index contributed by atoms with van der Waals surface area (Å²) >= 11 is 0. The van der Waals surface area contributed by atoms with Gasteiger partial charge in [0.15, 0.2) is 0 Å². The molecule has 0 aromatic heterocycles. The third-order valence-electron chi connectivity index (χ3n) is 0.622. The molecular formula is C5H11O. The van der Waals surface area contributed by atoms with E-state index in [4.69, 9.17) is 5.11 Å². The minimum Gasteiger partial charge on any atom is -0.393 e. The normalized spacial score (nSPS) is 14.5. The Morgan fingerprint density at radius 3 is 2.33 bits per heavy atom. The van der Waals surface area contributed by atoms with E-state index in [9.17, 15) is 0 Å². The first kappa shape index (κ1) is 5.96. The summed E-state index contributed by atoms with van der Waals surface area (Å²) in [5.41, 5.74) is 0. The van der Waals surface area contributed by atoms with Crippen molar-refractivity contribution in [3.8, 4) is 0 Å². The van der Waals surface area contributed by atoms with Gasteiger partial charge in [-0.2, -0.15) is 0 Å². The highest BCUT2D eigenvalue weighted by atomic mass is 16.3. The SMILES string of the molecule is [CH2][C@H](O)CCC. The van der Waals surface area contributed by atoms with Crippen LogP contribution in [0.15, 0.2) is 0 Å². The number of aliphatic hydroxyl groups excluding tert-OH is 1. The van der Waals surface area contributed by atoms with Crippen LogP contribution in [0, 0.1) is 6.92 Å². The number of hydrogen-bond acceptors (Lipinski definition) is 1. The Bertz CT molecular complexity index is 25.1. The van der Waals surface area contributed by atoms with Gasteiger partial charge in [0.05, 0.1) is 6.10 Å². The van der Waals surface area contributed by atoms with Crippen LogP contribution in [0.5, 0.6) is 0 Å². The van der Waals surface area contributed by atoms with E-state index in [0.29, 0.717) is 0 Å². The Labute approximate surface area is 39.0 Å². The molecule has 0 aromatic carbocycles. The molecule has 1 N–H and O–H groups in total. The van der Waals surface area contributed by atoms with E-state index in [1.54, 1.807) is 0 Å². The molecular weight excluding hydrogens is 76.1 g/mol. The zero-order chi connectivity index (χ0) is 4.99. The fourth-order valence-electron chi connectivity index (χ4n) is 0.333. The van der Waals surface area contributed by atoms with E-state index >= 15 is 0 Å². The van der Waals surface area contributed by atoms with E-state index in [-0.39, 0.29) is 6.10 Å². The van der Waals surface area contributed by atoms with Crippen molar-refractivity contribution >= 4 is 0 Å². The molecule has 0 saturated heterocycles. The summed E-state index contributed by atoms with van der Waals surface area (Å²) in [5, 5.41) is 8.44. The fraction of sp³-hybridized carbons (Fsp3) is 0.800. The van der Waals surface area contributed by atoms with Crippen molar-refractivity contribution in [2.45, 2.75) is 25.9 Å². The van der Waals surface area contributed by atoms with Crippen LogP contribution in [0.2, 0.25) is 0 Å². The molecule has 0 aromatic rings. The number of rotatable bonds is 2. The van der Waals surface area contributed by atoms with Gasteiger partial charge in [0.2, 0.25) is 0 Å². The van der Waals surface area contributed by atoms with Crippen molar-refractivity contribution in [1.29, 1.82) is 0 Å². The molecule has 1 atom stereocenters. The first-order valence-corrected chi connectivity index (χ1v) is 2.28. The Morgan fingerprint density at radius 2 is 2.33 bits per heavy atom. The van der Waals surface area contributed by atoms with Crippen LogP contribution < -0.4 is 0 Å². The molecule has 0 aliphatic heterocycles. The highest BCUT2D eigenvalue weighted by Gasteiger charge is 1.87. The standard InChI is InChI=1S/C5H11O/c1-3-4-5(2)6/h5-6H,2-4H2,1H3/t5-/m0/s1. The molecule has 0 aliphatic rings. The monoisotopic (exact) mass is 87.1 g/mol. The largest absolute Gasteiger partial charge is 0.393 e. The van der Waals surface area contributed by atoms with E-state index in [0.717, 1.165) is 12.8 Å². The molecule has 0 heterocycles. The van der Waals surface area contributed by atoms with Crippen LogP contribution in [0.3, 0.4) is 0 Å². The predicted octanol–water partition coefficient (Wildman–Crippen LogP) is 0.981. The maximum Gasteiger partial charge on any atom is 0.0541 e. The summed E-state index contributed by atoms with van der Waals surface area (Å²) in [6.45, 7) is 5.41. The fourth-order valence-corrected chi connectivity index (χ4v) is 0.333. The highest BCUT2D eigenvalue weighted by Crippen LogP contribution is 1.90. The van der Waals surface area contributed by atoms with Gasteiger partial charge >= 0.3 is 0 Å². The summed E-state index contributed by atoms with van der Waals surface area (Å²) in [5.74, 6) is 0. The van der Waals surface area contributed by atoms with Crippen LogP contribution in [-0.4, -0.2) is 11.2 Å². The van der Waals surface area contributed by atoms with Crippen molar-refractivity contribution in [2.24, 2.45) is 0 Å². The second-order valence-electron chi connectivity index (χ2n) is 1.44. The van der Waals surface area contributed by atoms with E-state index < -0.39 is 0 Å². The first-order chi connectivity index (χ1) is 2.77. The molecule has 0 rings (SSSR count). The minimum atomic E-state index is -0.352. The lowest BCUT2D eigenvalue weighted by Gasteiger charge is -1.95. The molecule has 37 valence electrons. The van der Waals surface area contributed by atoms with Gasteiger partial charge < -0.3 is 5.11 Å². The summed E-state index contributed by atoms with van der Waals surface area (Å²) in [4.78, 5) is 0. The predicted molar refractivity (Wildman–Crippen MR) is 26.3 cm³/mol. The molecule has 0 unspecified atom stereocenters. The van der Waals surface area contributed by atoms with Gasteiger partial charge in [-0.15, -0.1) is 0 Å². The molecule has 1 nitrogen and oxygen atoms in total. The Morgan fingerprint density at radius 1 is 1.83 bits per heavy atom. The zero-order valence-corrected chi connectivity index (χ0v) is 4.15. The van der Waals surface area contributed by atoms with Gasteiger partial charge in [0.25, 0.3) is 0 Å². The first-order valence-electron chi connectivity index (χ1n) is 2.28. The summed E-state index contributed by atoms with van der Waals surface area (Å²) < 4.78 is 0. The quantitative estimate of drug-likeness (QED) is 0.532. The van der Waals surface area contributed by atoms with Crippen LogP contribution in [0.1, 0.15) is 19.8 Å². The maximum atomic E-state index is 8.44. The van der Waals surface area contributed by atoms with Gasteiger partial charge in [-0.3, -0.25) is 0 Å². The lowest BCUT2D eigenvalue weighted by atomic mass is 10.2. The summed E-state index contributed by atoms with van der Waals surface area (Å²) in [6, 6.07) is 0. The topological polar surface area (TPSA) is 20.2 Å². The summed E-state index contributed by atoms with van der Waals surface area (Å²) in [6.07, 6.45) is 1.49. The molecule has 6 heavy (non-hydrogen) atoms. The van der Waals surface area contributed by atoms with Crippen LogP contribution in [0.25, 0.3) is 0 Å². The Kier molecular flexibility index (Phi) is 3.14. The van der Waals surface area contributed by atoms with Gasteiger partial charge in [-0.25, -0.2) is 0 Å². The molecule has 1 radical (unpaired) electrons. The lowest BCUT2D eigenvalue weighted by molar-refractivity contribution is 0.209. The van der Waals surface area contributed by atoms with Crippen molar-refractivity contribution in [3.05, 3.63) is 6.92 Å². The maximum absolute atomic E-state index is 8.44. The molecule has 0 fully saturated rings. The van der Waals surface area contributed by atoms with Gasteiger partial charge in [0, 0.05) is 0 Å². The Balaban J connectivity index is 2.63. The minimum absolute atomic E-state index is 0.352. The summed E-state index contributed by atoms with van der Waals surface area (Å²) in [7, 11) is 0. The molecule has 0 saturated carbocycles. The second-order valence-corrected chi connectivity index (χ2v) is 1.44. The molecule has 0 bridgehead atoms. The van der Waals surface area contributed by atoms with Crippen LogP contribution in [0.4, 0.5) is 0 Å². The van der Waals surface area contributed by atoms with Gasteiger partial charge in [0.1, 0.15) is 0 Å². The molecule has 0 spiro atoms. The molecule has 1 heteroatoms. The van der Waals surface area contributed by atoms with E-state index in [1.807, 2.05) is 6.92 Å². The van der Waals surface area contributed by atoms with Crippen molar-refractivity contribution in [3.63, 3.8) is 0 Å². The highest BCUT2D eigenvalue weighted by molar-refractivity contribution is 4.52. The average molecular weight is 87.1 g/mol. The smallest absolute Gasteiger partial charge is 0.0541 e. The van der Waals surface area contributed by atoms with Crippen molar-refractivity contribution in [1.82, 2.24) is 0 Å². The Hall–Kier alpha value is -0.0400. The van der Waals surface area contributed by atoms with Crippen LogP contribution >= 0.6 is 0 Å². The van der Waals surface area contributed by atoms with Crippen molar-refractivity contribution in [2.75, 3.05) is 0 Å². The van der Waals surface area contributed by atoms with Gasteiger partial charge in [-0.05, 0) is 13.3 Å². The second kappa shape index (κ2) is 3.16. The zero-order valence-electron chi connectivity index (χ0n) is 4.15. The molecule has 0 amide bonds. The van der Waals surface area contributed by atoms with Crippen LogP contribution in [-0.2, 0) is 0 Å². The van der Waals surface area contributed by atoms with Crippen molar-refractivity contribution < 1.29 is 5.11 Å². The average Bonchev–Trinajstić information content (AvgIpc) is 1.35. The third kappa shape index (κ3) is 3.96. The molecule has 0 aliphatic carbocycles. The van der Waals surface area contributed by atoms with E-state index in [2.05, 4.69) is 6.92 Å². The van der Waals surface area contributed by atoms with E-state index in [1.165, 1.54) is 0 Å².